The number of aryl methyl sites for hydroxylation is 2. The number of carbonyl (C=O) groups excluding carboxylic acids is 2. The van der Waals surface area contributed by atoms with Crippen LogP contribution < -0.4 is 5.32 Å². The first-order valence-corrected chi connectivity index (χ1v) is 11.8. The maximum atomic E-state index is 13.5. The fourth-order valence-corrected chi connectivity index (χ4v) is 4.75. The van der Waals surface area contributed by atoms with Crippen molar-refractivity contribution in [2.75, 3.05) is 17.6 Å². The van der Waals surface area contributed by atoms with Gasteiger partial charge in [0.1, 0.15) is 5.82 Å². The third-order valence-corrected chi connectivity index (χ3v) is 6.88. The van der Waals surface area contributed by atoms with Gasteiger partial charge in [-0.1, -0.05) is 36.0 Å². The van der Waals surface area contributed by atoms with Crippen LogP contribution in [0.1, 0.15) is 46.2 Å². The molecule has 0 aliphatic carbocycles. The number of likely N-dealkylation sites (tertiary alicyclic amines) is 1. The Morgan fingerprint density at radius 1 is 1.15 bits per heavy atom. The quantitative estimate of drug-likeness (QED) is 0.548. The molecule has 2 heterocycles. The van der Waals surface area contributed by atoms with Crippen molar-refractivity contribution in [1.82, 2.24) is 19.7 Å². The highest BCUT2D eigenvalue weighted by Crippen LogP contribution is 2.33. The van der Waals surface area contributed by atoms with Gasteiger partial charge in [0, 0.05) is 24.8 Å². The van der Waals surface area contributed by atoms with Gasteiger partial charge in [0.2, 0.25) is 5.91 Å². The number of thioether (sulfide) groups is 1. The SMILES string of the molecule is Cc1ccc(F)cc1NC(=O)CSc1nnc(C2CCCN2C(=O)c2ccccc2C)n1C. The number of rotatable bonds is 6. The van der Waals surface area contributed by atoms with Gasteiger partial charge in [0.05, 0.1) is 11.8 Å². The Bertz CT molecular complexity index is 1200. The summed E-state index contributed by atoms with van der Waals surface area (Å²) in [4.78, 5) is 27.4. The highest BCUT2D eigenvalue weighted by molar-refractivity contribution is 7.99. The standard InChI is InChI=1S/C24H26FN5O2S/c1-15-7-4-5-8-18(15)23(32)30-12-6-9-20(30)22-27-28-24(29(22)3)33-14-21(31)26-19-13-17(25)11-10-16(19)2/h4-5,7-8,10-11,13,20H,6,9,12,14H2,1-3H3,(H,26,31). The maximum Gasteiger partial charge on any atom is 0.254 e. The number of halogens is 1. The Morgan fingerprint density at radius 3 is 2.73 bits per heavy atom. The third-order valence-electron chi connectivity index (χ3n) is 5.86. The van der Waals surface area contributed by atoms with E-state index in [-0.39, 0.29) is 23.6 Å². The summed E-state index contributed by atoms with van der Waals surface area (Å²) < 4.78 is 15.3. The van der Waals surface area contributed by atoms with E-state index >= 15 is 0 Å². The molecule has 0 spiro atoms. The third kappa shape index (κ3) is 4.93. The molecule has 0 bridgehead atoms. The van der Waals surface area contributed by atoms with Crippen molar-refractivity contribution in [2.24, 2.45) is 7.05 Å². The van der Waals surface area contributed by atoms with E-state index < -0.39 is 5.82 Å². The summed E-state index contributed by atoms with van der Waals surface area (Å²) in [6.45, 7) is 4.41. The maximum absolute atomic E-state index is 13.5. The molecule has 4 rings (SSSR count). The molecule has 9 heteroatoms. The van der Waals surface area contributed by atoms with E-state index in [1.807, 2.05) is 54.6 Å². The number of carbonyl (C=O) groups is 2. The van der Waals surface area contributed by atoms with Gasteiger partial charge < -0.3 is 14.8 Å². The van der Waals surface area contributed by atoms with Crippen molar-refractivity contribution < 1.29 is 14.0 Å². The van der Waals surface area contributed by atoms with Gasteiger partial charge in [-0.3, -0.25) is 9.59 Å². The number of hydrogen-bond acceptors (Lipinski definition) is 5. The topological polar surface area (TPSA) is 80.1 Å². The lowest BCUT2D eigenvalue weighted by Crippen LogP contribution is -2.32. The van der Waals surface area contributed by atoms with E-state index in [0.29, 0.717) is 28.8 Å². The summed E-state index contributed by atoms with van der Waals surface area (Å²) in [7, 11) is 1.85. The second-order valence-electron chi connectivity index (χ2n) is 8.17. The summed E-state index contributed by atoms with van der Waals surface area (Å²) in [6, 6.07) is 11.7. The highest BCUT2D eigenvalue weighted by atomic mass is 32.2. The number of amides is 2. The Hall–Kier alpha value is -3.20. The van der Waals surface area contributed by atoms with Crippen LogP contribution in [-0.2, 0) is 11.8 Å². The van der Waals surface area contributed by atoms with E-state index in [1.165, 1.54) is 23.9 Å². The van der Waals surface area contributed by atoms with Crippen LogP contribution in [0.2, 0.25) is 0 Å². The zero-order chi connectivity index (χ0) is 23.5. The molecule has 1 aromatic heterocycles. The molecule has 1 atom stereocenters. The van der Waals surface area contributed by atoms with E-state index in [0.717, 1.165) is 24.0 Å². The van der Waals surface area contributed by atoms with Gasteiger partial charge in [-0.15, -0.1) is 10.2 Å². The van der Waals surface area contributed by atoms with Crippen molar-refractivity contribution in [3.05, 3.63) is 70.8 Å². The molecule has 1 unspecified atom stereocenters. The number of nitrogens with one attached hydrogen (secondary N) is 1. The minimum absolute atomic E-state index is 0.00218. The molecule has 33 heavy (non-hydrogen) atoms. The van der Waals surface area contributed by atoms with Gasteiger partial charge >= 0.3 is 0 Å². The predicted molar refractivity (Wildman–Crippen MR) is 126 cm³/mol. The summed E-state index contributed by atoms with van der Waals surface area (Å²) in [6.07, 6.45) is 1.71. The van der Waals surface area contributed by atoms with Crippen LogP contribution in [0, 0.1) is 19.7 Å². The Morgan fingerprint density at radius 2 is 1.94 bits per heavy atom. The van der Waals surface area contributed by atoms with Gasteiger partial charge in [-0.2, -0.15) is 0 Å². The molecule has 0 saturated carbocycles. The lowest BCUT2D eigenvalue weighted by atomic mass is 10.1. The van der Waals surface area contributed by atoms with Crippen LogP contribution in [0.3, 0.4) is 0 Å². The summed E-state index contributed by atoms with van der Waals surface area (Å²) in [5.74, 6) is 0.160. The molecule has 7 nitrogen and oxygen atoms in total. The zero-order valence-corrected chi connectivity index (χ0v) is 19.7. The van der Waals surface area contributed by atoms with Crippen LogP contribution in [0.4, 0.5) is 10.1 Å². The van der Waals surface area contributed by atoms with Crippen LogP contribution >= 0.6 is 11.8 Å². The van der Waals surface area contributed by atoms with Crippen molar-refractivity contribution in [1.29, 1.82) is 0 Å². The van der Waals surface area contributed by atoms with E-state index in [9.17, 15) is 14.0 Å². The van der Waals surface area contributed by atoms with Crippen molar-refractivity contribution in [2.45, 2.75) is 37.9 Å². The van der Waals surface area contributed by atoms with Gasteiger partial charge in [0.15, 0.2) is 11.0 Å². The molecule has 1 aliphatic rings. The molecule has 1 fully saturated rings. The average molecular weight is 468 g/mol. The fourth-order valence-electron chi connectivity index (χ4n) is 4.03. The number of hydrogen-bond donors (Lipinski definition) is 1. The average Bonchev–Trinajstić information content (AvgIpc) is 3.41. The van der Waals surface area contributed by atoms with Gasteiger partial charge in [-0.25, -0.2) is 4.39 Å². The van der Waals surface area contributed by atoms with Crippen LogP contribution in [0.15, 0.2) is 47.6 Å². The second kappa shape index (κ2) is 9.74. The van der Waals surface area contributed by atoms with Crippen molar-refractivity contribution >= 4 is 29.3 Å². The van der Waals surface area contributed by atoms with E-state index in [1.54, 1.807) is 6.07 Å². The summed E-state index contributed by atoms with van der Waals surface area (Å²) in [5, 5.41) is 11.9. The van der Waals surface area contributed by atoms with Gasteiger partial charge in [0.25, 0.3) is 5.91 Å². The molecule has 1 aliphatic heterocycles. The number of benzene rings is 2. The minimum Gasteiger partial charge on any atom is -0.328 e. The molecule has 1 N–H and O–H groups in total. The Balaban J connectivity index is 1.44. The van der Waals surface area contributed by atoms with Crippen LogP contribution in [0.5, 0.6) is 0 Å². The zero-order valence-electron chi connectivity index (χ0n) is 18.8. The second-order valence-corrected chi connectivity index (χ2v) is 9.11. The monoisotopic (exact) mass is 467 g/mol. The molecule has 1 saturated heterocycles. The molecule has 0 radical (unpaired) electrons. The smallest absolute Gasteiger partial charge is 0.254 e. The molecular formula is C24H26FN5O2S. The fraction of sp³-hybridized carbons (Fsp3) is 0.333. The number of nitrogens with zero attached hydrogens (tertiary/aromatic N) is 4. The number of aromatic nitrogens is 3. The first-order valence-electron chi connectivity index (χ1n) is 10.8. The largest absolute Gasteiger partial charge is 0.328 e. The highest BCUT2D eigenvalue weighted by Gasteiger charge is 2.34. The van der Waals surface area contributed by atoms with Crippen LogP contribution in [-0.4, -0.2) is 43.8 Å². The molecule has 172 valence electrons. The predicted octanol–water partition coefficient (Wildman–Crippen LogP) is 4.28. The van der Waals surface area contributed by atoms with E-state index in [2.05, 4.69) is 15.5 Å². The van der Waals surface area contributed by atoms with Crippen molar-refractivity contribution in [3.63, 3.8) is 0 Å². The molecular weight excluding hydrogens is 441 g/mol. The first kappa shape index (κ1) is 23.0. The lowest BCUT2D eigenvalue weighted by Gasteiger charge is -2.24. The molecule has 3 aromatic rings. The molecule has 2 aromatic carbocycles. The number of anilines is 1. The van der Waals surface area contributed by atoms with Crippen LogP contribution in [0.25, 0.3) is 0 Å². The minimum atomic E-state index is -0.400. The Labute approximate surface area is 196 Å². The Kier molecular flexibility index (Phi) is 6.78. The normalized spacial score (nSPS) is 15.6. The van der Waals surface area contributed by atoms with E-state index in [4.69, 9.17) is 0 Å². The lowest BCUT2D eigenvalue weighted by molar-refractivity contribution is -0.113. The first-order chi connectivity index (χ1) is 15.8. The van der Waals surface area contributed by atoms with Crippen molar-refractivity contribution in [3.8, 4) is 0 Å². The summed E-state index contributed by atoms with van der Waals surface area (Å²) in [5.41, 5.74) is 2.89. The molecule has 2 amide bonds. The van der Waals surface area contributed by atoms with Gasteiger partial charge in [-0.05, 0) is 56.0 Å². The summed E-state index contributed by atoms with van der Waals surface area (Å²) >= 11 is 1.25.